The van der Waals surface area contributed by atoms with E-state index in [9.17, 15) is 0 Å². The summed E-state index contributed by atoms with van der Waals surface area (Å²) in [6.07, 6.45) is 1.77. The number of benzene rings is 1. The van der Waals surface area contributed by atoms with Crippen LogP contribution in [-0.2, 0) is 6.54 Å². The van der Waals surface area contributed by atoms with E-state index < -0.39 is 0 Å². The van der Waals surface area contributed by atoms with Crippen molar-refractivity contribution in [3.63, 3.8) is 0 Å². The van der Waals surface area contributed by atoms with Gasteiger partial charge in [-0.15, -0.1) is 0 Å². The van der Waals surface area contributed by atoms with Crippen molar-refractivity contribution < 1.29 is 0 Å². The number of hydrogen-bond acceptors (Lipinski definition) is 2. The number of hydrogen-bond donors (Lipinski definition) is 2. The monoisotopic (exact) mass is 214 g/mol. The summed E-state index contributed by atoms with van der Waals surface area (Å²) in [5.41, 5.74) is 8.42. The molecule has 4 heteroatoms. The fourth-order valence-corrected chi connectivity index (χ4v) is 1.65. The van der Waals surface area contributed by atoms with Gasteiger partial charge in [0.05, 0.1) is 6.54 Å². The summed E-state index contributed by atoms with van der Waals surface area (Å²) in [5, 5.41) is 11.7. The van der Waals surface area contributed by atoms with Gasteiger partial charge < -0.3 is 5.73 Å². The lowest BCUT2D eigenvalue weighted by atomic mass is 10.1. The van der Waals surface area contributed by atoms with Crippen LogP contribution in [0.3, 0.4) is 0 Å². The summed E-state index contributed by atoms with van der Waals surface area (Å²) in [4.78, 5) is 0. The quantitative estimate of drug-likeness (QED) is 0.601. The number of nitrogens with one attached hydrogen (secondary N) is 1. The molecule has 4 nitrogen and oxygen atoms in total. The molecule has 3 N–H and O–H groups in total. The lowest BCUT2D eigenvalue weighted by Gasteiger charge is -2.09. The zero-order valence-electron chi connectivity index (χ0n) is 9.14. The molecule has 0 aliphatic rings. The van der Waals surface area contributed by atoms with Crippen LogP contribution in [0.2, 0.25) is 0 Å². The highest BCUT2D eigenvalue weighted by molar-refractivity contribution is 5.96. The minimum absolute atomic E-state index is 0.0976. The summed E-state index contributed by atoms with van der Waals surface area (Å²) >= 11 is 0. The number of aryl methyl sites for hydroxylation is 1. The maximum absolute atomic E-state index is 7.51. The van der Waals surface area contributed by atoms with Crippen molar-refractivity contribution in [1.29, 1.82) is 5.41 Å². The maximum Gasteiger partial charge on any atom is 0.123 e. The predicted molar refractivity (Wildman–Crippen MR) is 63.5 cm³/mol. The predicted octanol–water partition coefficient (Wildman–Crippen LogP) is 1.52. The molecule has 0 fully saturated rings. The van der Waals surface area contributed by atoms with Crippen molar-refractivity contribution in [2.45, 2.75) is 13.5 Å². The van der Waals surface area contributed by atoms with E-state index in [-0.39, 0.29) is 5.84 Å². The van der Waals surface area contributed by atoms with Crippen molar-refractivity contribution in [3.8, 4) is 0 Å². The fraction of sp³-hybridized carbons (Fsp3) is 0.167. The highest BCUT2D eigenvalue weighted by atomic mass is 15.3. The molecule has 0 spiro atoms. The summed E-state index contributed by atoms with van der Waals surface area (Å²) < 4.78 is 1.89. The van der Waals surface area contributed by atoms with E-state index in [1.807, 2.05) is 41.9 Å². The zero-order valence-corrected chi connectivity index (χ0v) is 9.14. The van der Waals surface area contributed by atoms with Crippen molar-refractivity contribution in [2.75, 3.05) is 0 Å². The Kier molecular flexibility index (Phi) is 2.72. The molecule has 0 aliphatic carbocycles. The standard InChI is InChI=1S/C12H14N4/c1-9-6-7-15-16(9)8-10-4-2-3-5-11(10)12(13)14/h2-7H,8H2,1H3,(H3,13,14). The summed E-state index contributed by atoms with van der Waals surface area (Å²) in [7, 11) is 0. The molecule has 0 saturated heterocycles. The van der Waals surface area contributed by atoms with Crippen LogP contribution in [0.25, 0.3) is 0 Å². The van der Waals surface area contributed by atoms with E-state index in [1.165, 1.54) is 0 Å². The first kappa shape index (κ1) is 10.4. The van der Waals surface area contributed by atoms with Gasteiger partial charge >= 0.3 is 0 Å². The molecule has 0 radical (unpaired) electrons. The number of nitrogens with zero attached hydrogens (tertiary/aromatic N) is 2. The van der Waals surface area contributed by atoms with Gasteiger partial charge in [-0.3, -0.25) is 10.1 Å². The average Bonchev–Trinajstić information content (AvgIpc) is 2.65. The molecule has 0 bridgehead atoms. The van der Waals surface area contributed by atoms with Crippen LogP contribution in [0.1, 0.15) is 16.8 Å². The second-order valence-corrected chi connectivity index (χ2v) is 3.70. The first-order valence-corrected chi connectivity index (χ1v) is 5.09. The van der Waals surface area contributed by atoms with Gasteiger partial charge in [0.1, 0.15) is 5.84 Å². The van der Waals surface area contributed by atoms with Gasteiger partial charge in [-0.25, -0.2) is 0 Å². The van der Waals surface area contributed by atoms with E-state index in [1.54, 1.807) is 6.20 Å². The number of nitrogens with two attached hydrogens (primary N) is 1. The molecule has 1 aromatic heterocycles. The Morgan fingerprint density at radius 3 is 2.75 bits per heavy atom. The molecule has 16 heavy (non-hydrogen) atoms. The summed E-state index contributed by atoms with van der Waals surface area (Å²) in [5.74, 6) is 0.0976. The Morgan fingerprint density at radius 2 is 2.12 bits per heavy atom. The van der Waals surface area contributed by atoms with Crippen LogP contribution in [0.5, 0.6) is 0 Å². The Hall–Kier alpha value is -2.10. The van der Waals surface area contributed by atoms with Crippen LogP contribution in [-0.4, -0.2) is 15.6 Å². The maximum atomic E-state index is 7.51. The van der Waals surface area contributed by atoms with Gasteiger partial charge in [0.15, 0.2) is 0 Å². The van der Waals surface area contributed by atoms with Crippen LogP contribution in [0.15, 0.2) is 36.5 Å². The topological polar surface area (TPSA) is 67.7 Å². The van der Waals surface area contributed by atoms with Crippen molar-refractivity contribution >= 4 is 5.84 Å². The normalized spacial score (nSPS) is 10.3. The SMILES string of the molecule is Cc1ccnn1Cc1ccccc1C(=N)N. The number of rotatable bonds is 3. The molecular formula is C12H14N4. The van der Waals surface area contributed by atoms with Crippen LogP contribution in [0, 0.1) is 12.3 Å². The third-order valence-corrected chi connectivity index (χ3v) is 2.56. The molecule has 0 amide bonds. The molecule has 2 rings (SSSR count). The van der Waals surface area contributed by atoms with Gasteiger partial charge in [0, 0.05) is 17.5 Å². The first-order chi connectivity index (χ1) is 7.68. The van der Waals surface area contributed by atoms with E-state index in [0.717, 1.165) is 16.8 Å². The highest BCUT2D eigenvalue weighted by Gasteiger charge is 2.06. The highest BCUT2D eigenvalue weighted by Crippen LogP contribution is 2.10. The van der Waals surface area contributed by atoms with E-state index in [0.29, 0.717) is 6.54 Å². The second kappa shape index (κ2) is 4.18. The van der Waals surface area contributed by atoms with Crippen LogP contribution >= 0.6 is 0 Å². The zero-order chi connectivity index (χ0) is 11.5. The minimum Gasteiger partial charge on any atom is -0.384 e. The lowest BCUT2D eigenvalue weighted by molar-refractivity contribution is 0.664. The molecule has 0 aliphatic heterocycles. The molecule has 2 aromatic rings. The fourth-order valence-electron chi connectivity index (χ4n) is 1.65. The molecular weight excluding hydrogens is 200 g/mol. The summed E-state index contributed by atoms with van der Waals surface area (Å²) in [6.45, 7) is 2.65. The van der Waals surface area contributed by atoms with E-state index in [2.05, 4.69) is 5.10 Å². The van der Waals surface area contributed by atoms with E-state index >= 15 is 0 Å². The largest absolute Gasteiger partial charge is 0.384 e. The average molecular weight is 214 g/mol. The Balaban J connectivity index is 2.35. The first-order valence-electron chi connectivity index (χ1n) is 5.09. The van der Waals surface area contributed by atoms with Crippen molar-refractivity contribution in [1.82, 2.24) is 9.78 Å². The van der Waals surface area contributed by atoms with Gasteiger partial charge in [-0.1, -0.05) is 24.3 Å². The van der Waals surface area contributed by atoms with Gasteiger partial charge in [0.25, 0.3) is 0 Å². The van der Waals surface area contributed by atoms with Crippen molar-refractivity contribution in [3.05, 3.63) is 53.3 Å². The number of amidine groups is 1. The van der Waals surface area contributed by atoms with Gasteiger partial charge in [-0.05, 0) is 18.6 Å². The third kappa shape index (κ3) is 1.95. The lowest BCUT2D eigenvalue weighted by Crippen LogP contribution is -2.15. The second-order valence-electron chi connectivity index (χ2n) is 3.70. The van der Waals surface area contributed by atoms with E-state index in [4.69, 9.17) is 11.1 Å². The minimum atomic E-state index is 0.0976. The Labute approximate surface area is 94.2 Å². The Morgan fingerprint density at radius 1 is 1.38 bits per heavy atom. The Bertz CT molecular complexity index is 513. The molecule has 0 saturated carbocycles. The third-order valence-electron chi connectivity index (χ3n) is 2.56. The molecule has 1 aromatic carbocycles. The number of aromatic nitrogens is 2. The molecule has 1 heterocycles. The smallest absolute Gasteiger partial charge is 0.123 e. The van der Waals surface area contributed by atoms with Gasteiger partial charge in [0.2, 0.25) is 0 Å². The molecule has 0 unspecified atom stereocenters. The van der Waals surface area contributed by atoms with Crippen LogP contribution < -0.4 is 5.73 Å². The summed E-state index contributed by atoms with van der Waals surface area (Å²) in [6, 6.07) is 9.61. The number of nitrogen functional groups attached to an aromatic ring is 1. The van der Waals surface area contributed by atoms with Gasteiger partial charge in [-0.2, -0.15) is 5.10 Å². The molecule has 82 valence electrons. The van der Waals surface area contributed by atoms with Crippen molar-refractivity contribution in [2.24, 2.45) is 5.73 Å². The molecule has 0 atom stereocenters. The van der Waals surface area contributed by atoms with Crippen LogP contribution in [0.4, 0.5) is 0 Å².